The fraction of sp³-hybridized carbons (Fsp3) is 0.100. The normalized spacial score (nSPS) is 9.21. The number of carbonyl (C=O) groups excluding carboxylic acids is 1. The number of esters is 1. The van der Waals surface area contributed by atoms with Gasteiger partial charge in [0.25, 0.3) is 5.69 Å². The van der Waals surface area contributed by atoms with Gasteiger partial charge in [0.05, 0.1) is 12.7 Å². The number of hydrogen-bond acceptors (Lipinski definition) is 3. The Morgan fingerprint density at radius 2 is 1.93 bits per heavy atom. The van der Waals surface area contributed by atoms with Crippen LogP contribution >= 0.6 is 0 Å². The Morgan fingerprint density at radius 3 is 2.36 bits per heavy atom. The first-order chi connectivity index (χ1) is 6.69. The van der Waals surface area contributed by atoms with Gasteiger partial charge in [0.1, 0.15) is 0 Å². The van der Waals surface area contributed by atoms with Crippen molar-refractivity contribution in [2.75, 3.05) is 7.11 Å². The molecule has 0 aliphatic heterocycles. The van der Waals surface area contributed by atoms with E-state index in [1.165, 1.54) is 7.11 Å². The standard InChI is InChI=1S/C10H9NO3/c1-7(10(12)14-2)8-3-5-9(11-13)6-4-8/h3-6H,1H2,2H3/p+1. The molecule has 0 aliphatic rings. The molecule has 0 saturated heterocycles. The third-order valence-corrected chi connectivity index (χ3v) is 1.78. The Balaban J connectivity index is 2.92. The lowest BCUT2D eigenvalue weighted by molar-refractivity contribution is -0.379. The van der Waals surface area contributed by atoms with Gasteiger partial charge in [-0.05, 0) is 17.7 Å². The number of nitrogens with one attached hydrogen (secondary N) is 1. The van der Waals surface area contributed by atoms with E-state index in [2.05, 4.69) is 11.3 Å². The van der Waals surface area contributed by atoms with Gasteiger partial charge in [0.15, 0.2) is 0 Å². The molecule has 0 saturated carbocycles. The Bertz CT molecular complexity index is 367. The van der Waals surface area contributed by atoms with E-state index in [1.807, 2.05) is 0 Å². The Hall–Kier alpha value is -1.97. The molecule has 0 unspecified atom stereocenters. The minimum Gasteiger partial charge on any atom is -0.465 e. The molecule has 0 heterocycles. The average Bonchev–Trinajstić information content (AvgIpc) is 2.27. The Labute approximate surface area is 81.2 Å². The zero-order valence-electron chi connectivity index (χ0n) is 7.74. The molecule has 0 amide bonds. The van der Waals surface area contributed by atoms with E-state index in [0.717, 1.165) is 0 Å². The average molecular weight is 192 g/mol. The number of hydrogen-bond donors (Lipinski definition) is 1. The molecule has 0 atom stereocenters. The van der Waals surface area contributed by atoms with Crippen LogP contribution in [0.1, 0.15) is 5.56 Å². The first kappa shape index (κ1) is 10.1. The molecule has 1 aromatic carbocycles. The number of carbonyl (C=O) groups is 1. The van der Waals surface area contributed by atoms with Crippen LogP contribution in [0.15, 0.2) is 30.8 Å². The molecule has 0 aliphatic carbocycles. The van der Waals surface area contributed by atoms with E-state index in [0.29, 0.717) is 11.3 Å². The van der Waals surface area contributed by atoms with Gasteiger partial charge in [-0.1, -0.05) is 6.58 Å². The van der Waals surface area contributed by atoms with E-state index in [1.54, 1.807) is 29.4 Å². The molecule has 4 nitrogen and oxygen atoms in total. The largest absolute Gasteiger partial charge is 0.465 e. The van der Waals surface area contributed by atoms with Gasteiger partial charge in [-0.25, -0.2) is 4.79 Å². The highest BCUT2D eigenvalue weighted by atomic mass is 16.5. The van der Waals surface area contributed by atoms with E-state index in [9.17, 15) is 9.70 Å². The van der Waals surface area contributed by atoms with Crippen molar-refractivity contribution in [3.8, 4) is 0 Å². The van der Waals surface area contributed by atoms with Crippen molar-refractivity contribution in [2.24, 2.45) is 0 Å². The van der Waals surface area contributed by atoms with Gasteiger partial charge >= 0.3 is 5.97 Å². The molecule has 1 N–H and O–H groups in total. The minimum atomic E-state index is -0.479. The van der Waals surface area contributed by atoms with Gasteiger partial charge in [-0.15, -0.1) is 0 Å². The molecular formula is C10H10NO3+. The van der Waals surface area contributed by atoms with Crippen molar-refractivity contribution in [3.63, 3.8) is 0 Å². The smallest absolute Gasteiger partial charge is 0.337 e. The van der Waals surface area contributed by atoms with Gasteiger partial charge in [0.2, 0.25) is 0 Å². The summed E-state index contributed by atoms with van der Waals surface area (Å²) in [6.07, 6.45) is 0. The molecule has 1 rings (SSSR count). The lowest BCUT2D eigenvalue weighted by Crippen LogP contribution is -2.55. The highest BCUT2D eigenvalue weighted by molar-refractivity contribution is 6.15. The Morgan fingerprint density at radius 1 is 1.36 bits per heavy atom. The summed E-state index contributed by atoms with van der Waals surface area (Å²) in [6.45, 7) is 3.58. The molecule has 4 heteroatoms. The van der Waals surface area contributed by atoms with E-state index in [-0.39, 0.29) is 5.57 Å². The summed E-state index contributed by atoms with van der Waals surface area (Å²) < 4.78 is 4.51. The molecule has 1 aromatic rings. The second kappa shape index (κ2) is 4.32. The van der Waals surface area contributed by atoms with Crippen LogP contribution in [0.25, 0.3) is 5.57 Å². The maximum Gasteiger partial charge on any atom is 0.337 e. The quantitative estimate of drug-likeness (QED) is 0.555. The Kier molecular flexibility index (Phi) is 3.12. The van der Waals surface area contributed by atoms with Crippen LogP contribution in [0.3, 0.4) is 0 Å². The van der Waals surface area contributed by atoms with Crippen molar-refractivity contribution in [3.05, 3.63) is 41.3 Å². The first-order valence-corrected chi connectivity index (χ1v) is 3.95. The summed E-state index contributed by atoms with van der Waals surface area (Å²) in [7, 11) is 1.29. The zero-order valence-corrected chi connectivity index (χ0v) is 7.74. The van der Waals surface area contributed by atoms with Crippen molar-refractivity contribution < 1.29 is 14.7 Å². The maximum atomic E-state index is 11.1. The summed E-state index contributed by atoms with van der Waals surface area (Å²) in [6, 6.07) is 6.38. The van der Waals surface area contributed by atoms with Crippen LogP contribution < -0.4 is 5.18 Å². The number of rotatable bonds is 3. The summed E-state index contributed by atoms with van der Waals surface area (Å²) >= 11 is 0. The highest BCUT2D eigenvalue weighted by Gasteiger charge is 2.09. The third-order valence-electron chi connectivity index (χ3n) is 1.78. The van der Waals surface area contributed by atoms with Crippen LogP contribution in [-0.2, 0) is 9.53 Å². The van der Waals surface area contributed by atoms with E-state index < -0.39 is 5.97 Å². The van der Waals surface area contributed by atoms with Gasteiger partial charge < -0.3 is 4.74 Å². The van der Waals surface area contributed by atoms with Crippen molar-refractivity contribution in [1.82, 2.24) is 0 Å². The molecule has 0 fully saturated rings. The third kappa shape index (κ3) is 2.04. The van der Waals surface area contributed by atoms with Crippen LogP contribution in [0.4, 0.5) is 5.69 Å². The zero-order chi connectivity index (χ0) is 10.6. The van der Waals surface area contributed by atoms with Crippen LogP contribution in [-0.4, -0.2) is 13.1 Å². The molecule has 0 bridgehead atoms. The van der Waals surface area contributed by atoms with Crippen LogP contribution in [0, 0.1) is 4.91 Å². The van der Waals surface area contributed by atoms with E-state index in [4.69, 9.17) is 0 Å². The highest BCUT2D eigenvalue weighted by Crippen LogP contribution is 2.14. The van der Waals surface area contributed by atoms with Crippen molar-refractivity contribution in [1.29, 1.82) is 0 Å². The molecule has 0 aromatic heterocycles. The van der Waals surface area contributed by atoms with Gasteiger partial charge in [-0.2, -0.15) is 0 Å². The fourth-order valence-corrected chi connectivity index (χ4v) is 0.981. The monoisotopic (exact) mass is 192 g/mol. The number of benzene rings is 1. The predicted molar refractivity (Wildman–Crippen MR) is 51.5 cm³/mol. The SMILES string of the molecule is C=C(C(=O)OC)c1ccc([NH+]=O)cc1. The second-order valence-corrected chi connectivity index (χ2v) is 2.65. The van der Waals surface area contributed by atoms with Crippen molar-refractivity contribution in [2.45, 2.75) is 0 Å². The topological polar surface area (TPSA) is 57.3 Å². The van der Waals surface area contributed by atoms with E-state index >= 15 is 0 Å². The van der Waals surface area contributed by atoms with Crippen molar-refractivity contribution >= 4 is 17.2 Å². The predicted octanol–water partition coefficient (Wildman–Crippen LogP) is 0.351. The molecule has 14 heavy (non-hydrogen) atoms. The minimum absolute atomic E-state index is 0.268. The molecular weight excluding hydrogens is 182 g/mol. The molecule has 0 spiro atoms. The first-order valence-electron chi connectivity index (χ1n) is 3.95. The summed E-state index contributed by atoms with van der Waals surface area (Å²) in [4.78, 5) is 21.3. The molecule has 72 valence electrons. The van der Waals surface area contributed by atoms with Crippen LogP contribution in [0.2, 0.25) is 0 Å². The summed E-state index contributed by atoms with van der Waals surface area (Å²) in [5, 5.41) is 1.74. The lowest BCUT2D eigenvalue weighted by atomic mass is 10.1. The number of methoxy groups -OCH3 is 1. The second-order valence-electron chi connectivity index (χ2n) is 2.65. The summed E-state index contributed by atoms with van der Waals surface area (Å²) in [5.41, 5.74) is 1.34. The molecule has 0 radical (unpaired) electrons. The maximum absolute atomic E-state index is 11.1. The van der Waals surface area contributed by atoms with Crippen LogP contribution in [0.5, 0.6) is 0 Å². The number of ether oxygens (including phenoxy) is 1. The number of nitroso groups, excluding NO2 is 1. The van der Waals surface area contributed by atoms with Gasteiger partial charge in [0, 0.05) is 22.2 Å². The fourth-order valence-electron chi connectivity index (χ4n) is 0.981. The lowest BCUT2D eigenvalue weighted by Gasteiger charge is -2.01. The summed E-state index contributed by atoms with van der Waals surface area (Å²) in [5.74, 6) is -0.479. The van der Waals surface area contributed by atoms with Gasteiger partial charge in [-0.3, -0.25) is 0 Å².